The standard InChI is InChI=1S/C15H22F2N2O.ClH/c1-11(2)13(8-12-6-4-3-5-7-12)14(20)19-10-15(16,17)9-18;/h3-7,11,13H,8-10,18H2,1-2H3,(H,19,20);1H. The summed E-state index contributed by atoms with van der Waals surface area (Å²) >= 11 is 0. The van der Waals surface area contributed by atoms with Crippen LogP contribution in [0.1, 0.15) is 19.4 Å². The Labute approximate surface area is 130 Å². The van der Waals surface area contributed by atoms with Crippen molar-refractivity contribution in [2.45, 2.75) is 26.2 Å². The van der Waals surface area contributed by atoms with Crippen molar-refractivity contribution in [3.8, 4) is 0 Å². The maximum atomic E-state index is 13.1. The lowest BCUT2D eigenvalue weighted by Gasteiger charge is -2.22. The monoisotopic (exact) mass is 320 g/mol. The number of nitrogens with two attached hydrogens (primary N) is 1. The highest BCUT2D eigenvalue weighted by Gasteiger charge is 2.29. The fourth-order valence-corrected chi connectivity index (χ4v) is 1.92. The van der Waals surface area contributed by atoms with Crippen LogP contribution < -0.4 is 11.1 Å². The minimum atomic E-state index is -3.05. The number of rotatable bonds is 7. The molecule has 3 nitrogen and oxygen atoms in total. The normalized spacial score (nSPS) is 12.7. The Morgan fingerprint density at radius 2 is 1.86 bits per heavy atom. The molecule has 0 bridgehead atoms. The third-order valence-corrected chi connectivity index (χ3v) is 3.26. The molecule has 0 radical (unpaired) electrons. The zero-order valence-corrected chi connectivity index (χ0v) is 13.1. The molecule has 1 atom stereocenters. The summed E-state index contributed by atoms with van der Waals surface area (Å²) in [5.74, 6) is -3.66. The third kappa shape index (κ3) is 6.87. The Morgan fingerprint density at radius 3 is 2.33 bits per heavy atom. The lowest BCUT2D eigenvalue weighted by molar-refractivity contribution is -0.128. The van der Waals surface area contributed by atoms with Gasteiger partial charge in [0.25, 0.3) is 5.92 Å². The summed E-state index contributed by atoms with van der Waals surface area (Å²) < 4.78 is 26.1. The number of halogens is 3. The van der Waals surface area contributed by atoms with Gasteiger partial charge in [-0.15, -0.1) is 12.4 Å². The van der Waals surface area contributed by atoms with Gasteiger partial charge in [-0.25, -0.2) is 8.78 Å². The topological polar surface area (TPSA) is 55.1 Å². The summed E-state index contributed by atoms with van der Waals surface area (Å²) in [4.78, 5) is 12.1. The lowest BCUT2D eigenvalue weighted by atomic mass is 9.88. The van der Waals surface area contributed by atoms with Crippen molar-refractivity contribution in [3.05, 3.63) is 35.9 Å². The van der Waals surface area contributed by atoms with Crippen LogP contribution in [0.3, 0.4) is 0 Å². The zero-order chi connectivity index (χ0) is 15.2. The molecule has 1 unspecified atom stereocenters. The number of nitrogens with one attached hydrogen (secondary N) is 1. The Bertz CT molecular complexity index is 427. The molecule has 1 amide bonds. The molecule has 1 aromatic rings. The van der Waals surface area contributed by atoms with E-state index in [0.29, 0.717) is 6.42 Å². The molecule has 0 heterocycles. The smallest absolute Gasteiger partial charge is 0.277 e. The highest BCUT2D eigenvalue weighted by Crippen LogP contribution is 2.18. The number of benzene rings is 1. The van der Waals surface area contributed by atoms with Crippen LogP contribution in [0.5, 0.6) is 0 Å². The van der Waals surface area contributed by atoms with Gasteiger partial charge in [-0.3, -0.25) is 4.79 Å². The second-order valence-corrected chi connectivity index (χ2v) is 5.32. The van der Waals surface area contributed by atoms with Crippen LogP contribution in [0, 0.1) is 11.8 Å². The molecule has 6 heteroatoms. The van der Waals surface area contributed by atoms with Gasteiger partial charge < -0.3 is 11.1 Å². The Kier molecular flexibility index (Phi) is 8.44. The van der Waals surface area contributed by atoms with E-state index in [0.717, 1.165) is 5.56 Å². The highest BCUT2D eigenvalue weighted by atomic mass is 35.5. The van der Waals surface area contributed by atoms with Gasteiger partial charge in [0.2, 0.25) is 5.91 Å². The number of alkyl halides is 2. The van der Waals surface area contributed by atoms with Crippen LogP contribution in [0.2, 0.25) is 0 Å². The van der Waals surface area contributed by atoms with E-state index in [-0.39, 0.29) is 30.2 Å². The van der Waals surface area contributed by atoms with Crippen molar-refractivity contribution < 1.29 is 13.6 Å². The van der Waals surface area contributed by atoms with E-state index < -0.39 is 19.0 Å². The lowest BCUT2D eigenvalue weighted by Crippen LogP contribution is -2.44. The van der Waals surface area contributed by atoms with Gasteiger partial charge in [0.15, 0.2) is 0 Å². The van der Waals surface area contributed by atoms with E-state index in [2.05, 4.69) is 5.32 Å². The van der Waals surface area contributed by atoms with Crippen molar-refractivity contribution in [2.75, 3.05) is 13.1 Å². The molecular weight excluding hydrogens is 298 g/mol. The summed E-state index contributed by atoms with van der Waals surface area (Å²) in [6.45, 7) is 2.35. The molecule has 0 spiro atoms. The molecule has 0 saturated heterocycles. The minimum Gasteiger partial charge on any atom is -0.350 e. The van der Waals surface area contributed by atoms with Gasteiger partial charge in [-0.2, -0.15) is 0 Å². The van der Waals surface area contributed by atoms with E-state index in [1.807, 2.05) is 44.2 Å². The first-order valence-electron chi connectivity index (χ1n) is 6.75. The number of hydrogen-bond acceptors (Lipinski definition) is 2. The van der Waals surface area contributed by atoms with E-state index in [1.165, 1.54) is 0 Å². The van der Waals surface area contributed by atoms with E-state index in [1.54, 1.807) is 0 Å². The molecule has 1 aromatic carbocycles. The molecular formula is C15H23ClF2N2O. The third-order valence-electron chi connectivity index (χ3n) is 3.26. The van der Waals surface area contributed by atoms with Crippen molar-refractivity contribution in [1.82, 2.24) is 5.32 Å². The van der Waals surface area contributed by atoms with Crippen molar-refractivity contribution in [3.63, 3.8) is 0 Å². The summed E-state index contributed by atoms with van der Waals surface area (Å²) in [5.41, 5.74) is 5.97. The van der Waals surface area contributed by atoms with Crippen LogP contribution in [0.25, 0.3) is 0 Å². The summed E-state index contributed by atoms with van der Waals surface area (Å²) in [6.07, 6.45) is 0.540. The molecule has 21 heavy (non-hydrogen) atoms. The molecule has 0 aliphatic carbocycles. The Morgan fingerprint density at radius 1 is 1.29 bits per heavy atom. The molecule has 0 saturated carbocycles. The number of carbonyl (C=O) groups is 1. The Balaban J connectivity index is 0.00000400. The van der Waals surface area contributed by atoms with Gasteiger partial charge in [-0.1, -0.05) is 44.2 Å². The predicted molar refractivity (Wildman–Crippen MR) is 82.7 cm³/mol. The van der Waals surface area contributed by atoms with Crippen LogP contribution in [-0.2, 0) is 11.2 Å². The zero-order valence-electron chi connectivity index (χ0n) is 12.3. The van der Waals surface area contributed by atoms with Crippen molar-refractivity contribution in [1.29, 1.82) is 0 Å². The fourth-order valence-electron chi connectivity index (χ4n) is 1.92. The quantitative estimate of drug-likeness (QED) is 0.811. The maximum Gasteiger partial charge on any atom is 0.277 e. The minimum absolute atomic E-state index is 0. The van der Waals surface area contributed by atoms with Gasteiger partial charge in [0.1, 0.15) is 0 Å². The summed E-state index contributed by atoms with van der Waals surface area (Å²) in [6, 6.07) is 9.55. The van der Waals surface area contributed by atoms with Gasteiger partial charge in [0, 0.05) is 5.92 Å². The van der Waals surface area contributed by atoms with Crippen molar-refractivity contribution in [2.24, 2.45) is 17.6 Å². The molecule has 0 aromatic heterocycles. The molecule has 0 aliphatic heterocycles. The second kappa shape index (κ2) is 8.95. The molecule has 120 valence electrons. The average molecular weight is 321 g/mol. The first kappa shape index (κ1) is 19.8. The molecule has 3 N–H and O–H groups in total. The first-order valence-corrected chi connectivity index (χ1v) is 6.75. The molecule has 0 aliphatic rings. The molecule has 0 fully saturated rings. The predicted octanol–water partition coefficient (Wildman–Crippen LogP) is 2.63. The van der Waals surface area contributed by atoms with Gasteiger partial charge >= 0.3 is 0 Å². The number of hydrogen-bond donors (Lipinski definition) is 2. The SMILES string of the molecule is CC(C)C(Cc1ccccc1)C(=O)NCC(F)(F)CN.Cl. The summed E-state index contributed by atoms with van der Waals surface area (Å²) in [5, 5.41) is 2.31. The maximum absolute atomic E-state index is 13.1. The number of amides is 1. The van der Waals surface area contributed by atoms with Crippen LogP contribution >= 0.6 is 12.4 Å². The highest BCUT2D eigenvalue weighted by molar-refractivity contribution is 5.85. The van der Waals surface area contributed by atoms with E-state index in [9.17, 15) is 13.6 Å². The second-order valence-electron chi connectivity index (χ2n) is 5.32. The Hall–Kier alpha value is -1.20. The van der Waals surface area contributed by atoms with Gasteiger partial charge in [-0.05, 0) is 17.9 Å². The van der Waals surface area contributed by atoms with E-state index >= 15 is 0 Å². The first-order chi connectivity index (χ1) is 9.35. The average Bonchev–Trinajstić information content (AvgIpc) is 2.43. The summed E-state index contributed by atoms with van der Waals surface area (Å²) in [7, 11) is 0. The van der Waals surface area contributed by atoms with Crippen molar-refractivity contribution >= 4 is 18.3 Å². The largest absolute Gasteiger partial charge is 0.350 e. The van der Waals surface area contributed by atoms with E-state index in [4.69, 9.17) is 5.73 Å². The van der Waals surface area contributed by atoms with Crippen LogP contribution in [-0.4, -0.2) is 24.9 Å². The fraction of sp³-hybridized carbons (Fsp3) is 0.533. The van der Waals surface area contributed by atoms with Gasteiger partial charge in [0.05, 0.1) is 13.1 Å². The van der Waals surface area contributed by atoms with Crippen LogP contribution in [0.15, 0.2) is 30.3 Å². The van der Waals surface area contributed by atoms with Crippen LogP contribution in [0.4, 0.5) is 8.78 Å². The number of carbonyl (C=O) groups excluding carboxylic acids is 1. The molecule has 1 rings (SSSR count).